The molecule has 2 aromatic heterocycles. The van der Waals surface area contributed by atoms with E-state index < -0.39 is 37.9 Å². The van der Waals surface area contributed by atoms with E-state index in [-0.39, 0.29) is 36.9 Å². The largest absolute Gasteiger partial charge is 0.474 e. The number of aliphatic hydroxyl groups excluding tert-OH is 2. The fourth-order valence-electron chi connectivity index (χ4n) is 2.82. The van der Waals surface area contributed by atoms with Crippen molar-refractivity contribution in [1.29, 1.82) is 0 Å². The van der Waals surface area contributed by atoms with Crippen molar-refractivity contribution in [3.05, 3.63) is 16.7 Å². The number of aliphatic hydroxyl groups is 2. The van der Waals surface area contributed by atoms with Gasteiger partial charge in [0.15, 0.2) is 17.4 Å². The number of hydrogen-bond donors (Lipinski definition) is 4. The highest BCUT2D eigenvalue weighted by atomic mass is 31.2. The Labute approximate surface area is 159 Å². The minimum atomic E-state index is -3.82. The van der Waals surface area contributed by atoms with Gasteiger partial charge in [0.05, 0.1) is 26.1 Å². The number of nitrogens with zero attached hydrogens (tertiary/aromatic N) is 3. The van der Waals surface area contributed by atoms with E-state index >= 15 is 0 Å². The summed E-state index contributed by atoms with van der Waals surface area (Å²) in [6.07, 6.45) is -3.71. The number of rotatable bonds is 8. The lowest BCUT2D eigenvalue weighted by Gasteiger charge is -2.20. The van der Waals surface area contributed by atoms with E-state index in [1.165, 1.54) is 10.9 Å². The first-order valence-electron chi connectivity index (χ1n) is 8.57. The van der Waals surface area contributed by atoms with Crippen molar-refractivity contribution < 1.29 is 33.1 Å². The highest BCUT2D eigenvalue weighted by molar-refractivity contribution is 7.48. The number of fused-ring (bicyclic) bond motifs is 1. The van der Waals surface area contributed by atoms with Crippen molar-refractivity contribution >= 4 is 24.9 Å². The molecule has 0 spiro atoms. The molecule has 13 nitrogen and oxygen atoms in total. The zero-order chi connectivity index (χ0) is 20.5. The van der Waals surface area contributed by atoms with Crippen LogP contribution in [0.25, 0.3) is 11.2 Å². The summed E-state index contributed by atoms with van der Waals surface area (Å²) in [6.45, 7) is 3.08. The van der Waals surface area contributed by atoms with Gasteiger partial charge in [0, 0.05) is 0 Å². The van der Waals surface area contributed by atoms with Crippen LogP contribution in [0.15, 0.2) is 11.1 Å². The molecule has 14 heteroatoms. The van der Waals surface area contributed by atoms with E-state index in [4.69, 9.17) is 24.0 Å². The molecular formula is C14H22N5O8P. The molecule has 0 aromatic carbocycles. The van der Waals surface area contributed by atoms with Crippen LogP contribution in [0.4, 0.5) is 5.95 Å². The first-order valence-corrected chi connectivity index (χ1v) is 10.0. The highest BCUT2D eigenvalue weighted by Gasteiger charge is 2.45. The van der Waals surface area contributed by atoms with Gasteiger partial charge >= 0.3 is 7.82 Å². The topological polar surface area (TPSA) is 184 Å². The number of phosphoric acid groups is 1. The van der Waals surface area contributed by atoms with Crippen molar-refractivity contribution in [3.63, 3.8) is 0 Å². The Balaban J connectivity index is 1.80. The molecule has 0 amide bonds. The number of nitrogens with one attached hydrogen (secondary N) is 1. The lowest BCUT2D eigenvalue weighted by atomic mass is 10.1. The maximum Gasteiger partial charge on any atom is 0.474 e. The van der Waals surface area contributed by atoms with Gasteiger partial charge in [-0.05, 0) is 13.8 Å². The predicted octanol–water partition coefficient (Wildman–Crippen LogP) is -0.481. The maximum atomic E-state index is 12.4. The Kier molecular flexibility index (Phi) is 6.15. The number of anilines is 1. The zero-order valence-corrected chi connectivity index (χ0v) is 16.1. The van der Waals surface area contributed by atoms with E-state index in [0.717, 1.165) is 0 Å². The summed E-state index contributed by atoms with van der Waals surface area (Å²) >= 11 is 0. The summed E-state index contributed by atoms with van der Waals surface area (Å²) in [5.41, 5.74) is 5.08. The lowest BCUT2D eigenvalue weighted by Crippen LogP contribution is -2.33. The summed E-state index contributed by atoms with van der Waals surface area (Å²) in [4.78, 5) is 22.1. The molecule has 1 aliphatic rings. The second-order valence-corrected chi connectivity index (χ2v) is 7.57. The quantitative estimate of drug-likeness (QED) is 0.405. The van der Waals surface area contributed by atoms with Gasteiger partial charge in [0.2, 0.25) is 5.95 Å². The number of nitrogens with two attached hydrogens (primary N) is 1. The van der Waals surface area contributed by atoms with Crippen LogP contribution in [0.1, 0.15) is 20.1 Å². The van der Waals surface area contributed by atoms with Crippen molar-refractivity contribution in [2.45, 2.75) is 38.4 Å². The second kappa shape index (κ2) is 8.25. The number of ether oxygens (including phenoxy) is 1. The normalized spacial score (nSPS) is 25.6. The SMILES string of the molecule is CCOP(=O)(OCC)OC[C@H]1O[C@@H](n2cnc3c(=O)[nH]c(N)nc32)[C@H](O)[C@@H]1O. The average Bonchev–Trinajstić information content (AvgIpc) is 3.16. The van der Waals surface area contributed by atoms with E-state index in [9.17, 15) is 19.6 Å². The fraction of sp³-hybridized carbons (Fsp3) is 0.643. The lowest BCUT2D eigenvalue weighted by molar-refractivity contribution is -0.0523. The van der Waals surface area contributed by atoms with Crippen LogP contribution in [0.5, 0.6) is 0 Å². The Morgan fingerprint density at radius 2 is 1.96 bits per heavy atom. The molecule has 1 fully saturated rings. The van der Waals surface area contributed by atoms with Crippen molar-refractivity contribution in [2.24, 2.45) is 0 Å². The molecule has 28 heavy (non-hydrogen) atoms. The molecule has 0 aliphatic carbocycles. The molecule has 0 unspecified atom stereocenters. The van der Waals surface area contributed by atoms with Crippen LogP contribution in [-0.2, 0) is 22.9 Å². The van der Waals surface area contributed by atoms with Gasteiger partial charge in [0.1, 0.15) is 18.3 Å². The van der Waals surface area contributed by atoms with E-state index in [1.54, 1.807) is 13.8 Å². The van der Waals surface area contributed by atoms with Crippen molar-refractivity contribution in [2.75, 3.05) is 25.6 Å². The molecule has 0 saturated carbocycles. The molecule has 5 N–H and O–H groups in total. The van der Waals surface area contributed by atoms with Crippen LogP contribution in [-0.4, -0.2) is 67.9 Å². The number of aromatic amines is 1. The van der Waals surface area contributed by atoms with Gasteiger partial charge in [-0.15, -0.1) is 0 Å². The first-order chi connectivity index (χ1) is 13.3. The third kappa shape index (κ3) is 3.96. The molecular weight excluding hydrogens is 397 g/mol. The van der Waals surface area contributed by atoms with E-state index in [0.29, 0.717) is 0 Å². The Morgan fingerprint density at radius 3 is 2.61 bits per heavy atom. The van der Waals surface area contributed by atoms with Gasteiger partial charge in [-0.25, -0.2) is 9.55 Å². The molecule has 1 saturated heterocycles. The molecule has 4 atom stereocenters. The highest BCUT2D eigenvalue weighted by Crippen LogP contribution is 2.49. The number of imidazole rings is 1. The molecule has 3 rings (SSSR count). The summed E-state index contributed by atoms with van der Waals surface area (Å²) in [6, 6.07) is 0. The summed E-state index contributed by atoms with van der Waals surface area (Å²) in [5, 5.41) is 20.7. The smallest absolute Gasteiger partial charge is 0.387 e. The van der Waals surface area contributed by atoms with Crippen LogP contribution in [0.2, 0.25) is 0 Å². The molecule has 3 heterocycles. The maximum absolute atomic E-state index is 12.4. The summed E-state index contributed by atoms with van der Waals surface area (Å²) in [5.74, 6) is -0.137. The third-order valence-electron chi connectivity index (χ3n) is 4.03. The molecule has 0 radical (unpaired) electrons. The third-order valence-corrected chi connectivity index (χ3v) is 5.65. The van der Waals surface area contributed by atoms with Gasteiger partial charge in [-0.2, -0.15) is 4.98 Å². The average molecular weight is 419 g/mol. The standard InChI is InChI=1S/C14H22N5O8P/c1-3-24-28(23,25-4-2)26-5-7-9(20)10(21)13(27-7)19-6-16-8-11(19)17-14(15)18-12(8)22/h6-7,9-10,13,20-21H,3-5H2,1-2H3,(H3,15,17,18,22)/t7-,9-,10-,13-/m1/s1. The van der Waals surface area contributed by atoms with Gasteiger partial charge in [-0.1, -0.05) is 0 Å². The predicted molar refractivity (Wildman–Crippen MR) is 95.3 cm³/mol. The number of phosphoric ester groups is 1. The Morgan fingerprint density at radius 1 is 1.29 bits per heavy atom. The number of nitrogen functional groups attached to an aromatic ring is 1. The monoisotopic (exact) mass is 419 g/mol. The fourth-order valence-corrected chi connectivity index (χ4v) is 4.00. The second-order valence-electron chi connectivity index (χ2n) is 5.90. The van der Waals surface area contributed by atoms with Crippen molar-refractivity contribution in [1.82, 2.24) is 19.5 Å². The van der Waals surface area contributed by atoms with Crippen LogP contribution in [0.3, 0.4) is 0 Å². The molecule has 2 aromatic rings. The Hall–Kier alpha value is -1.86. The minimum Gasteiger partial charge on any atom is -0.387 e. The summed E-state index contributed by atoms with van der Waals surface area (Å²) in [7, 11) is -3.82. The van der Waals surface area contributed by atoms with Gasteiger partial charge in [-0.3, -0.25) is 27.9 Å². The van der Waals surface area contributed by atoms with E-state index in [1.807, 2.05) is 0 Å². The molecule has 156 valence electrons. The molecule has 1 aliphatic heterocycles. The molecule has 0 bridgehead atoms. The summed E-state index contributed by atoms with van der Waals surface area (Å²) < 4.78 is 34.5. The number of hydrogen-bond acceptors (Lipinski definition) is 11. The minimum absolute atomic E-state index is 0.00335. The van der Waals surface area contributed by atoms with Crippen molar-refractivity contribution in [3.8, 4) is 0 Å². The number of aromatic nitrogens is 4. The van der Waals surface area contributed by atoms with E-state index in [2.05, 4.69) is 15.0 Å². The Bertz CT molecular complexity index is 922. The first kappa shape index (κ1) is 20.9. The van der Waals surface area contributed by atoms with Crippen LogP contribution >= 0.6 is 7.82 Å². The van der Waals surface area contributed by atoms with Gasteiger partial charge in [0.25, 0.3) is 5.56 Å². The van der Waals surface area contributed by atoms with Crippen LogP contribution < -0.4 is 11.3 Å². The number of H-pyrrole nitrogens is 1. The van der Waals surface area contributed by atoms with Gasteiger partial charge < -0.3 is 20.7 Å². The zero-order valence-electron chi connectivity index (χ0n) is 15.2. The van der Waals surface area contributed by atoms with Crippen LogP contribution in [0, 0.1) is 0 Å².